The molecule has 0 saturated heterocycles. The molecule has 0 aromatic heterocycles. The summed E-state index contributed by atoms with van der Waals surface area (Å²) in [5.74, 6) is -1.40. The molecule has 0 fully saturated rings. The van der Waals surface area contributed by atoms with E-state index in [1.807, 2.05) is 0 Å². The van der Waals surface area contributed by atoms with Gasteiger partial charge in [0.05, 0.1) is 17.9 Å². The summed E-state index contributed by atoms with van der Waals surface area (Å²) in [6.07, 6.45) is -0.230. The van der Waals surface area contributed by atoms with E-state index >= 15 is 0 Å². The van der Waals surface area contributed by atoms with Gasteiger partial charge >= 0.3 is 5.97 Å². The van der Waals surface area contributed by atoms with Crippen molar-refractivity contribution in [3.05, 3.63) is 0 Å². The molecule has 0 heterocycles. The van der Waals surface area contributed by atoms with Crippen LogP contribution in [0.5, 0.6) is 0 Å². The van der Waals surface area contributed by atoms with Crippen molar-refractivity contribution in [1.82, 2.24) is 4.90 Å². The van der Waals surface area contributed by atoms with Crippen molar-refractivity contribution in [3.8, 4) is 0 Å². The Morgan fingerprint density at radius 3 is 2.22 bits per heavy atom. The number of sulfone groups is 1. The molecule has 0 aromatic rings. The van der Waals surface area contributed by atoms with E-state index < -0.39 is 15.8 Å². The molecule has 7 heteroatoms. The summed E-state index contributed by atoms with van der Waals surface area (Å²) >= 11 is 0. The third-order valence-corrected chi connectivity index (χ3v) is 4.30. The van der Waals surface area contributed by atoms with E-state index in [4.69, 9.17) is 5.11 Å². The van der Waals surface area contributed by atoms with E-state index in [2.05, 4.69) is 0 Å². The predicted molar refractivity (Wildman–Crippen MR) is 68.0 cm³/mol. The molecule has 0 saturated carbocycles. The second kappa shape index (κ2) is 7.35. The number of aliphatic carboxylic acids is 1. The quantitative estimate of drug-likeness (QED) is 0.693. The maximum Gasteiger partial charge on any atom is 0.305 e. The summed E-state index contributed by atoms with van der Waals surface area (Å²) in [7, 11) is -1.73. The minimum absolute atomic E-state index is 0.0369. The Hall–Kier alpha value is -1.11. The van der Waals surface area contributed by atoms with Gasteiger partial charge in [0.2, 0.25) is 5.91 Å². The Bertz CT molecular complexity index is 388. The van der Waals surface area contributed by atoms with Crippen LogP contribution in [0.2, 0.25) is 0 Å². The molecule has 0 unspecified atom stereocenters. The van der Waals surface area contributed by atoms with Crippen molar-refractivity contribution in [2.45, 2.75) is 26.7 Å². The highest BCUT2D eigenvalue weighted by Crippen LogP contribution is 2.04. The van der Waals surface area contributed by atoms with Crippen molar-refractivity contribution >= 4 is 21.7 Å². The zero-order valence-corrected chi connectivity index (χ0v) is 11.9. The molecule has 1 N–H and O–H groups in total. The number of carboxylic acid groups (broad SMARTS) is 1. The standard InChI is InChI=1S/C11H21NO5S/c1-9(2)8-18(16,17)7-5-10(13)12(3)6-4-11(14)15/h9H,4-8H2,1-3H3,(H,14,15). The fourth-order valence-electron chi connectivity index (χ4n) is 1.41. The summed E-state index contributed by atoms with van der Waals surface area (Å²) in [4.78, 5) is 23.1. The molecule has 0 aliphatic carbocycles. The Labute approximate surface area is 108 Å². The summed E-state index contributed by atoms with van der Waals surface area (Å²) in [6, 6.07) is 0. The Morgan fingerprint density at radius 1 is 1.22 bits per heavy atom. The van der Waals surface area contributed by atoms with Gasteiger partial charge in [-0.25, -0.2) is 8.42 Å². The zero-order valence-electron chi connectivity index (χ0n) is 11.0. The lowest BCUT2D eigenvalue weighted by Gasteiger charge is -2.16. The smallest absolute Gasteiger partial charge is 0.305 e. The van der Waals surface area contributed by atoms with Gasteiger partial charge in [-0.15, -0.1) is 0 Å². The van der Waals surface area contributed by atoms with Crippen LogP contribution < -0.4 is 0 Å². The van der Waals surface area contributed by atoms with Crippen LogP contribution in [0.3, 0.4) is 0 Å². The molecule has 106 valence electrons. The highest BCUT2D eigenvalue weighted by Gasteiger charge is 2.17. The van der Waals surface area contributed by atoms with Crippen molar-refractivity contribution in [2.75, 3.05) is 25.1 Å². The maximum absolute atomic E-state index is 11.6. The minimum atomic E-state index is -3.20. The number of carbonyl (C=O) groups is 2. The number of hydrogen-bond donors (Lipinski definition) is 1. The van der Waals surface area contributed by atoms with Gasteiger partial charge in [0.1, 0.15) is 0 Å². The molecule has 1 amide bonds. The lowest BCUT2D eigenvalue weighted by atomic mass is 10.3. The molecular weight excluding hydrogens is 258 g/mol. The topological polar surface area (TPSA) is 91.8 Å². The average molecular weight is 279 g/mol. The number of hydrogen-bond acceptors (Lipinski definition) is 4. The average Bonchev–Trinajstić information content (AvgIpc) is 2.20. The van der Waals surface area contributed by atoms with E-state index in [1.54, 1.807) is 13.8 Å². The van der Waals surface area contributed by atoms with Crippen molar-refractivity contribution in [2.24, 2.45) is 5.92 Å². The monoisotopic (exact) mass is 279 g/mol. The van der Waals surface area contributed by atoms with Gasteiger partial charge in [-0.3, -0.25) is 9.59 Å². The highest BCUT2D eigenvalue weighted by molar-refractivity contribution is 7.91. The van der Waals surface area contributed by atoms with E-state index in [1.165, 1.54) is 11.9 Å². The summed E-state index contributed by atoms with van der Waals surface area (Å²) < 4.78 is 23.1. The summed E-state index contributed by atoms with van der Waals surface area (Å²) in [5, 5.41) is 8.47. The molecule has 0 radical (unpaired) electrons. The first-order valence-corrected chi connectivity index (χ1v) is 7.62. The molecule has 0 aliphatic rings. The Kier molecular flexibility index (Phi) is 6.90. The van der Waals surface area contributed by atoms with Crippen LogP contribution in [0.15, 0.2) is 0 Å². The lowest BCUT2D eigenvalue weighted by molar-refractivity contribution is -0.138. The van der Waals surface area contributed by atoms with Crippen molar-refractivity contribution < 1.29 is 23.1 Å². The number of nitrogens with zero attached hydrogens (tertiary/aromatic N) is 1. The van der Waals surface area contributed by atoms with Crippen LogP contribution in [-0.4, -0.2) is 55.4 Å². The molecule has 6 nitrogen and oxygen atoms in total. The van der Waals surface area contributed by atoms with E-state index in [-0.39, 0.29) is 42.7 Å². The van der Waals surface area contributed by atoms with Crippen LogP contribution >= 0.6 is 0 Å². The normalized spacial score (nSPS) is 11.6. The first kappa shape index (κ1) is 16.9. The number of carboxylic acids is 1. The van der Waals surface area contributed by atoms with E-state index in [0.29, 0.717) is 0 Å². The SMILES string of the molecule is CC(C)CS(=O)(=O)CCC(=O)N(C)CCC(=O)O. The molecular formula is C11H21NO5S. The Balaban J connectivity index is 4.13. The van der Waals surface area contributed by atoms with Crippen molar-refractivity contribution in [3.63, 3.8) is 0 Å². The largest absolute Gasteiger partial charge is 0.481 e. The number of rotatable bonds is 8. The molecule has 0 atom stereocenters. The van der Waals surface area contributed by atoms with Crippen molar-refractivity contribution in [1.29, 1.82) is 0 Å². The summed E-state index contributed by atoms with van der Waals surface area (Å²) in [5.41, 5.74) is 0. The maximum atomic E-state index is 11.6. The molecule has 0 aliphatic heterocycles. The predicted octanol–water partition coefficient (Wildman–Crippen LogP) is 0.380. The van der Waals surface area contributed by atoms with Crippen LogP contribution in [0.25, 0.3) is 0 Å². The Morgan fingerprint density at radius 2 is 1.78 bits per heavy atom. The lowest BCUT2D eigenvalue weighted by Crippen LogP contribution is -2.31. The van der Waals surface area contributed by atoms with Crippen LogP contribution in [0, 0.1) is 5.92 Å². The third-order valence-electron chi connectivity index (χ3n) is 2.30. The molecule has 0 spiro atoms. The minimum Gasteiger partial charge on any atom is -0.481 e. The first-order valence-electron chi connectivity index (χ1n) is 5.80. The zero-order chi connectivity index (χ0) is 14.3. The molecule has 18 heavy (non-hydrogen) atoms. The van der Waals surface area contributed by atoms with Gasteiger partial charge < -0.3 is 10.0 Å². The van der Waals surface area contributed by atoms with Crippen LogP contribution in [0.1, 0.15) is 26.7 Å². The highest BCUT2D eigenvalue weighted by atomic mass is 32.2. The van der Waals surface area contributed by atoms with Gasteiger partial charge in [-0.1, -0.05) is 13.8 Å². The van der Waals surface area contributed by atoms with Gasteiger partial charge in [0.15, 0.2) is 9.84 Å². The van der Waals surface area contributed by atoms with E-state index in [0.717, 1.165) is 0 Å². The second-order valence-electron chi connectivity index (χ2n) is 4.72. The first-order chi connectivity index (χ1) is 8.14. The molecule has 0 rings (SSSR count). The molecule has 0 aromatic carbocycles. The fraction of sp³-hybridized carbons (Fsp3) is 0.818. The number of carbonyl (C=O) groups excluding carboxylic acids is 1. The second-order valence-corrected chi connectivity index (χ2v) is 6.95. The van der Waals surface area contributed by atoms with Gasteiger partial charge in [-0.05, 0) is 5.92 Å². The number of amides is 1. The van der Waals surface area contributed by atoms with Gasteiger partial charge in [0, 0.05) is 20.0 Å². The van der Waals surface area contributed by atoms with E-state index in [9.17, 15) is 18.0 Å². The van der Waals surface area contributed by atoms with Gasteiger partial charge in [0.25, 0.3) is 0 Å². The molecule has 0 bridgehead atoms. The van der Waals surface area contributed by atoms with Crippen LogP contribution in [-0.2, 0) is 19.4 Å². The third kappa shape index (κ3) is 8.05. The fourth-order valence-corrected chi connectivity index (χ4v) is 3.08. The van der Waals surface area contributed by atoms with Crippen LogP contribution in [0.4, 0.5) is 0 Å². The summed E-state index contributed by atoms with van der Waals surface area (Å²) in [6.45, 7) is 3.70. The van der Waals surface area contributed by atoms with Gasteiger partial charge in [-0.2, -0.15) is 0 Å².